The number of rotatable bonds is 6. The van der Waals surface area contributed by atoms with Gasteiger partial charge in [0.05, 0.1) is 6.54 Å². The SMILES string of the molecule is Cn1c(=O)[nH]c(=O)c2c1n1c(-c3ccc(OCc4ccccc4)cc3)nnc1n2Cc1ccc(F)cc1. The number of fused-ring (bicyclic) bond motifs is 3. The van der Waals surface area contributed by atoms with Crippen molar-refractivity contribution < 1.29 is 9.13 Å². The van der Waals surface area contributed by atoms with Crippen LogP contribution >= 0.6 is 0 Å². The van der Waals surface area contributed by atoms with E-state index in [4.69, 9.17) is 4.74 Å². The minimum absolute atomic E-state index is 0.235. The molecule has 3 heterocycles. The summed E-state index contributed by atoms with van der Waals surface area (Å²) in [7, 11) is 1.58. The van der Waals surface area contributed by atoms with Crippen molar-refractivity contribution in [2.75, 3.05) is 0 Å². The molecular formula is C27H21FN6O3. The molecule has 0 bridgehead atoms. The fourth-order valence-corrected chi connectivity index (χ4v) is 4.39. The summed E-state index contributed by atoms with van der Waals surface area (Å²) in [5, 5.41) is 8.74. The number of hydrogen-bond donors (Lipinski definition) is 1. The standard InChI is InChI=1S/C27H21FN6O3/c1-32-25-22(24(35)29-27(32)36)33(15-17-7-11-20(28)12-8-17)26-31-30-23(34(25)26)19-9-13-21(14-10-19)37-16-18-5-3-2-4-6-18/h2-14H,15-16H2,1H3,(H,29,35,36). The topological polar surface area (TPSA) is 99.2 Å². The second-order valence-electron chi connectivity index (χ2n) is 8.66. The molecule has 3 aromatic heterocycles. The van der Waals surface area contributed by atoms with Gasteiger partial charge < -0.3 is 4.74 Å². The van der Waals surface area contributed by atoms with Crippen LogP contribution in [0.2, 0.25) is 0 Å². The van der Waals surface area contributed by atoms with E-state index in [-0.39, 0.29) is 17.9 Å². The summed E-state index contributed by atoms with van der Waals surface area (Å²) in [6.45, 7) is 0.677. The normalized spacial score (nSPS) is 11.4. The number of nitrogens with zero attached hydrogens (tertiary/aromatic N) is 5. The van der Waals surface area contributed by atoms with Crippen molar-refractivity contribution in [3.05, 3.63) is 117 Å². The minimum Gasteiger partial charge on any atom is -0.489 e. The molecular weight excluding hydrogens is 475 g/mol. The van der Waals surface area contributed by atoms with Crippen molar-refractivity contribution in [1.29, 1.82) is 0 Å². The van der Waals surface area contributed by atoms with Gasteiger partial charge in [-0.1, -0.05) is 42.5 Å². The number of aryl methyl sites for hydroxylation is 1. The number of ether oxygens (including phenoxy) is 1. The fraction of sp³-hybridized carbons (Fsp3) is 0.111. The zero-order valence-electron chi connectivity index (χ0n) is 19.8. The van der Waals surface area contributed by atoms with Gasteiger partial charge in [0.1, 0.15) is 18.2 Å². The molecule has 0 aliphatic heterocycles. The average molecular weight is 497 g/mol. The van der Waals surface area contributed by atoms with E-state index in [1.165, 1.54) is 16.7 Å². The van der Waals surface area contributed by atoms with Gasteiger partial charge in [0.2, 0.25) is 5.78 Å². The van der Waals surface area contributed by atoms with E-state index in [0.29, 0.717) is 29.6 Å². The molecule has 0 saturated carbocycles. The smallest absolute Gasteiger partial charge is 0.329 e. The Hall–Kier alpha value is -4.99. The molecule has 0 aliphatic rings. The molecule has 6 aromatic rings. The Bertz CT molecular complexity index is 1850. The van der Waals surface area contributed by atoms with Crippen LogP contribution in [0.5, 0.6) is 5.75 Å². The van der Waals surface area contributed by atoms with Crippen LogP contribution in [0, 0.1) is 5.82 Å². The number of hydrogen-bond acceptors (Lipinski definition) is 5. The van der Waals surface area contributed by atoms with Gasteiger partial charge in [-0.3, -0.25) is 18.9 Å². The van der Waals surface area contributed by atoms with Crippen molar-refractivity contribution >= 4 is 16.9 Å². The van der Waals surface area contributed by atoms with Crippen LogP contribution < -0.4 is 16.0 Å². The van der Waals surface area contributed by atoms with Crippen molar-refractivity contribution in [3.63, 3.8) is 0 Å². The number of imidazole rings is 1. The Morgan fingerprint density at radius 2 is 1.62 bits per heavy atom. The lowest BCUT2D eigenvalue weighted by atomic mass is 10.2. The molecule has 0 spiro atoms. The summed E-state index contributed by atoms with van der Waals surface area (Å²) in [5.74, 6) is 1.18. The maximum Gasteiger partial charge on any atom is 0.329 e. The highest BCUT2D eigenvalue weighted by Gasteiger charge is 2.23. The van der Waals surface area contributed by atoms with E-state index in [9.17, 15) is 14.0 Å². The van der Waals surface area contributed by atoms with Crippen LogP contribution in [0.15, 0.2) is 88.5 Å². The van der Waals surface area contributed by atoms with Crippen molar-refractivity contribution in [2.24, 2.45) is 7.05 Å². The maximum atomic E-state index is 13.5. The van der Waals surface area contributed by atoms with Crippen LogP contribution in [0.3, 0.4) is 0 Å². The number of aromatic nitrogens is 6. The Balaban J connectivity index is 1.45. The lowest BCUT2D eigenvalue weighted by molar-refractivity contribution is 0.306. The van der Waals surface area contributed by atoms with Gasteiger partial charge in [0.25, 0.3) is 5.56 Å². The van der Waals surface area contributed by atoms with Gasteiger partial charge in [-0.25, -0.2) is 13.6 Å². The van der Waals surface area contributed by atoms with Crippen molar-refractivity contribution in [3.8, 4) is 17.1 Å². The highest BCUT2D eigenvalue weighted by molar-refractivity contribution is 5.80. The van der Waals surface area contributed by atoms with Gasteiger partial charge in [-0.05, 0) is 47.5 Å². The lowest BCUT2D eigenvalue weighted by Crippen LogP contribution is -2.29. The summed E-state index contributed by atoms with van der Waals surface area (Å²) in [5.41, 5.74) is 2.08. The first kappa shape index (κ1) is 22.5. The first-order valence-electron chi connectivity index (χ1n) is 11.6. The zero-order chi connectivity index (χ0) is 25.5. The number of halogens is 1. The van der Waals surface area contributed by atoms with Crippen LogP contribution in [0.4, 0.5) is 4.39 Å². The van der Waals surface area contributed by atoms with Gasteiger partial charge in [0, 0.05) is 12.6 Å². The summed E-state index contributed by atoms with van der Waals surface area (Å²) < 4.78 is 24.1. The van der Waals surface area contributed by atoms with E-state index < -0.39 is 11.2 Å². The molecule has 9 nitrogen and oxygen atoms in total. The highest BCUT2D eigenvalue weighted by atomic mass is 19.1. The van der Waals surface area contributed by atoms with E-state index >= 15 is 0 Å². The number of nitrogens with one attached hydrogen (secondary N) is 1. The third-order valence-corrected chi connectivity index (χ3v) is 6.25. The van der Waals surface area contributed by atoms with Crippen molar-refractivity contribution in [2.45, 2.75) is 13.2 Å². The Labute approximate surface area is 209 Å². The zero-order valence-corrected chi connectivity index (χ0v) is 19.8. The van der Waals surface area contributed by atoms with Crippen LogP contribution in [-0.4, -0.2) is 28.7 Å². The molecule has 6 rings (SSSR count). The Morgan fingerprint density at radius 1 is 0.892 bits per heavy atom. The Morgan fingerprint density at radius 3 is 2.35 bits per heavy atom. The number of aromatic amines is 1. The van der Waals surface area contributed by atoms with E-state index in [1.54, 1.807) is 28.1 Å². The second kappa shape index (κ2) is 8.90. The molecule has 3 aromatic carbocycles. The first-order chi connectivity index (χ1) is 18.0. The molecule has 10 heteroatoms. The van der Waals surface area contributed by atoms with Crippen LogP contribution in [0.25, 0.3) is 28.3 Å². The van der Waals surface area contributed by atoms with E-state index in [2.05, 4.69) is 15.2 Å². The maximum absolute atomic E-state index is 13.5. The fourth-order valence-electron chi connectivity index (χ4n) is 4.39. The lowest BCUT2D eigenvalue weighted by Gasteiger charge is -2.07. The average Bonchev–Trinajstić information content (AvgIpc) is 3.48. The second-order valence-corrected chi connectivity index (χ2v) is 8.66. The molecule has 0 radical (unpaired) electrons. The Kier molecular flexibility index (Phi) is 5.41. The third-order valence-electron chi connectivity index (χ3n) is 6.25. The van der Waals surface area contributed by atoms with Gasteiger partial charge in [-0.2, -0.15) is 0 Å². The van der Waals surface area contributed by atoms with Crippen LogP contribution in [-0.2, 0) is 20.2 Å². The minimum atomic E-state index is -0.553. The molecule has 1 N–H and O–H groups in total. The molecule has 0 fully saturated rings. The summed E-state index contributed by atoms with van der Waals surface area (Å²) in [6, 6.07) is 23.2. The molecule has 0 unspecified atom stereocenters. The molecule has 37 heavy (non-hydrogen) atoms. The number of H-pyrrole nitrogens is 1. The quantitative estimate of drug-likeness (QED) is 0.381. The summed E-state index contributed by atoms with van der Waals surface area (Å²) in [4.78, 5) is 27.8. The van der Waals surface area contributed by atoms with Crippen molar-refractivity contribution in [1.82, 2.24) is 28.7 Å². The molecule has 0 aliphatic carbocycles. The highest BCUT2D eigenvalue weighted by Crippen LogP contribution is 2.26. The van der Waals surface area contributed by atoms with Gasteiger partial charge >= 0.3 is 5.69 Å². The summed E-state index contributed by atoms with van der Waals surface area (Å²) in [6.07, 6.45) is 0. The molecule has 0 amide bonds. The van der Waals surface area contributed by atoms with Gasteiger partial charge in [0.15, 0.2) is 17.0 Å². The summed E-state index contributed by atoms with van der Waals surface area (Å²) >= 11 is 0. The molecule has 0 atom stereocenters. The predicted octanol–water partition coefficient (Wildman–Crippen LogP) is 3.50. The third kappa shape index (κ3) is 3.98. The largest absolute Gasteiger partial charge is 0.489 e. The van der Waals surface area contributed by atoms with E-state index in [1.807, 2.05) is 54.6 Å². The number of benzene rings is 3. The monoisotopic (exact) mass is 496 g/mol. The van der Waals surface area contributed by atoms with E-state index in [0.717, 1.165) is 16.7 Å². The first-order valence-corrected chi connectivity index (χ1v) is 11.6. The van der Waals surface area contributed by atoms with Gasteiger partial charge in [-0.15, -0.1) is 10.2 Å². The predicted molar refractivity (Wildman–Crippen MR) is 136 cm³/mol. The molecule has 0 saturated heterocycles. The van der Waals surface area contributed by atoms with Crippen LogP contribution in [0.1, 0.15) is 11.1 Å². The molecule has 184 valence electrons.